The summed E-state index contributed by atoms with van der Waals surface area (Å²) in [5.74, 6) is 0.789. The Bertz CT molecular complexity index is 438. The van der Waals surface area contributed by atoms with Crippen molar-refractivity contribution in [3.8, 4) is 5.75 Å². The number of hydrogen-bond donors (Lipinski definition) is 1. The molecule has 19 heavy (non-hydrogen) atoms. The normalized spacial score (nSPS) is 15.3. The topological polar surface area (TPSA) is 20.2 Å². The van der Waals surface area contributed by atoms with Gasteiger partial charge in [0.2, 0.25) is 0 Å². The standard InChI is InChI=1S/C15H21Br3O/c1-9(5-6-14(17)15(3,4)18)11-8-13(19)10(2)7-12(11)16/h7-9,14,19H,5-6H2,1-4H3. The van der Waals surface area contributed by atoms with E-state index in [1.807, 2.05) is 19.1 Å². The predicted molar refractivity (Wildman–Crippen MR) is 93.9 cm³/mol. The van der Waals surface area contributed by atoms with Gasteiger partial charge in [0.15, 0.2) is 0 Å². The molecule has 1 aromatic carbocycles. The first kappa shape index (κ1) is 17.5. The summed E-state index contributed by atoms with van der Waals surface area (Å²) in [5, 5.41) is 9.84. The van der Waals surface area contributed by atoms with Crippen molar-refractivity contribution in [2.75, 3.05) is 0 Å². The third-order valence-corrected chi connectivity index (χ3v) is 6.90. The van der Waals surface area contributed by atoms with Crippen LogP contribution in [0.25, 0.3) is 0 Å². The summed E-state index contributed by atoms with van der Waals surface area (Å²) in [6, 6.07) is 3.87. The lowest BCUT2D eigenvalue weighted by Crippen LogP contribution is -2.24. The first-order chi connectivity index (χ1) is 8.62. The maximum Gasteiger partial charge on any atom is 0.118 e. The Balaban J connectivity index is 2.74. The summed E-state index contributed by atoms with van der Waals surface area (Å²) in [4.78, 5) is 0.431. The zero-order chi connectivity index (χ0) is 14.8. The summed E-state index contributed by atoms with van der Waals surface area (Å²) in [6.45, 7) is 8.46. The molecule has 0 spiro atoms. The molecule has 0 radical (unpaired) electrons. The Morgan fingerprint density at radius 1 is 1.26 bits per heavy atom. The van der Waals surface area contributed by atoms with Crippen LogP contribution >= 0.6 is 47.8 Å². The summed E-state index contributed by atoms with van der Waals surface area (Å²) in [5.41, 5.74) is 2.08. The molecule has 0 bridgehead atoms. The van der Waals surface area contributed by atoms with Gasteiger partial charge in [-0.05, 0) is 62.8 Å². The molecule has 2 atom stereocenters. The molecule has 2 unspecified atom stereocenters. The van der Waals surface area contributed by atoms with Crippen molar-refractivity contribution in [3.05, 3.63) is 27.7 Å². The number of phenolic OH excluding ortho intramolecular Hbond substituents is 1. The smallest absolute Gasteiger partial charge is 0.118 e. The zero-order valence-corrected chi connectivity index (χ0v) is 16.6. The monoisotopic (exact) mass is 454 g/mol. The summed E-state index contributed by atoms with van der Waals surface area (Å²) >= 11 is 11.0. The summed E-state index contributed by atoms with van der Waals surface area (Å²) in [6.07, 6.45) is 2.16. The van der Waals surface area contributed by atoms with Crippen molar-refractivity contribution >= 4 is 47.8 Å². The molecule has 1 nitrogen and oxygen atoms in total. The van der Waals surface area contributed by atoms with Gasteiger partial charge in [0, 0.05) is 13.6 Å². The van der Waals surface area contributed by atoms with Crippen molar-refractivity contribution in [2.24, 2.45) is 0 Å². The third-order valence-electron chi connectivity index (χ3n) is 3.44. The van der Waals surface area contributed by atoms with E-state index in [9.17, 15) is 5.11 Å². The van der Waals surface area contributed by atoms with E-state index >= 15 is 0 Å². The molecule has 0 saturated heterocycles. The Hall–Kier alpha value is 0.460. The van der Waals surface area contributed by atoms with Crippen LogP contribution in [0.4, 0.5) is 0 Å². The summed E-state index contributed by atoms with van der Waals surface area (Å²) in [7, 11) is 0. The molecule has 4 heteroatoms. The van der Waals surface area contributed by atoms with Crippen LogP contribution in [0.1, 0.15) is 50.7 Å². The fourth-order valence-electron chi connectivity index (χ4n) is 1.95. The van der Waals surface area contributed by atoms with E-state index in [-0.39, 0.29) is 4.32 Å². The second-order valence-corrected chi connectivity index (χ2v) is 9.67. The van der Waals surface area contributed by atoms with Crippen LogP contribution in [0, 0.1) is 6.92 Å². The SMILES string of the molecule is Cc1cc(Br)c(C(C)CCC(Br)C(C)(C)Br)cc1O. The largest absolute Gasteiger partial charge is 0.508 e. The number of hydrogen-bond acceptors (Lipinski definition) is 1. The molecule has 0 saturated carbocycles. The minimum atomic E-state index is 0.0966. The average Bonchev–Trinajstić information content (AvgIpc) is 2.29. The highest BCUT2D eigenvalue weighted by Gasteiger charge is 2.24. The number of rotatable bonds is 5. The molecule has 0 aromatic heterocycles. The lowest BCUT2D eigenvalue weighted by Gasteiger charge is -2.25. The molecule has 0 aliphatic rings. The highest BCUT2D eigenvalue weighted by molar-refractivity contribution is 9.12. The van der Waals surface area contributed by atoms with Gasteiger partial charge in [-0.3, -0.25) is 0 Å². The van der Waals surface area contributed by atoms with Gasteiger partial charge < -0.3 is 5.11 Å². The van der Waals surface area contributed by atoms with E-state index in [0.29, 0.717) is 16.5 Å². The van der Waals surface area contributed by atoms with Gasteiger partial charge in [-0.2, -0.15) is 0 Å². The number of halogens is 3. The Labute approximate surface area is 141 Å². The molecular formula is C15H21Br3O. The van der Waals surface area contributed by atoms with Crippen LogP contribution in [0.2, 0.25) is 0 Å². The van der Waals surface area contributed by atoms with E-state index < -0.39 is 0 Å². The number of phenols is 1. The van der Waals surface area contributed by atoms with Crippen molar-refractivity contribution < 1.29 is 5.11 Å². The lowest BCUT2D eigenvalue weighted by atomic mass is 9.92. The van der Waals surface area contributed by atoms with E-state index in [1.165, 1.54) is 5.56 Å². The Morgan fingerprint density at radius 3 is 2.37 bits per heavy atom. The second kappa shape index (κ2) is 6.95. The Morgan fingerprint density at radius 2 is 1.84 bits per heavy atom. The minimum absolute atomic E-state index is 0.0966. The van der Waals surface area contributed by atoms with Gasteiger partial charge in [0.05, 0.1) is 0 Å². The van der Waals surface area contributed by atoms with Gasteiger partial charge in [0.25, 0.3) is 0 Å². The van der Waals surface area contributed by atoms with Crippen molar-refractivity contribution in [3.63, 3.8) is 0 Å². The molecule has 0 aliphatic heterocycles. The third kappa shape index (κ3) is 5.05. The fourth-order valence-corrected chi connectivity index (χ4v) is 3.29. The number of aromatic hydroxyl groups is 1. The van der Waals surface area contributed by atoms with Crippen LogP contribution in [-0.2, 0) is 0 Å². The van der Waals surface area contributed by atoms with Crippen LogP contribution in [-0.4, -0.2) is 14.3 Å². The van der Waals surface area contributed by atoms with E-state index in [2.05, 4.69) is 68.6 Å². The Kier molecular flexibility index (Phi) is 6.40. The molecular weight excluding hydrogens is 436 g/mol. The first-order valence-electron chi connectivity index (χ1n) is 6.45. The molecule has 1 aromatic rings. The fraction of sp³-hybridized carbons (Fsp3) is 0.600. The van der Waals surface area contributed by atoms with E-state index in [1.54, 1.807) is 0 Å². The summed E-state index contributed by atoms with van der Waals surface area (Å²) < 4.78 is 1.18. The van der Waals surface area contributed by atoms with Gasteiger partial charge >= 0.3 is 0 Å². The van der Waals surface area contributed by atoms with Crippen LogP contribution < -0.4 is 0 Å². The quantitative estimate of drug-likeness (QED) is 0.516. The maximum absolute atomic E-state index is 9.84. The lowest BCUT2D eigenvalue weighted by molar-refractivity contribution is 0.468. The molecule has 1 N–H and O–H groups in total. The average molecular weight is 457 g/mol. The van der Waals surface area contributed by atoms with Crippen LogP contribution in [0.3, 0.4) is 0 Å². The van der Waals surface area contributed by atoms with Crippen molar-refractivity contribution in [1.82, 2.24) is 0 Å². The zero-order valence-electron chi connectivity index (χ0n) is 11.8. The van der Waals surface area contributed by atoms with Crippen molar-refractivity contribution in [2.45, 2.75) is 55.6 Å². The number of aryl methyl sites for hydroxylation is 1. The predicted octanol–water partition coefficient (Wildman–Crippen LogP) is 6.28. The molecule has 108 valence electrons. The van der Waals surface area contributed by atoms with Crippen molar-refractivity contribution in [1.29, 1.82) is 0 Å². The van der Waals surface area contributed by atoms with Crippen LogP contribution in [0.15, 0.2) is 16.6 Å². The van der Waals surface area contributed by atoms with E-state index in [4.69, 9.17) is 0 Å². The van der Waals surface area contributed by atoms with Gasteiger partial charge in [-0.1, -0.05) is 54.7 Å². The first-order valence-corrected chi connectivity index (χ1v) is 8.95. The van der Waals surface area contributed by atoms with Gasteiger partial charge in [-0.25, -0.2) is 0 Å². The van der Waals surface area contributed by atoms with Gasteiger partial charge in [0.1, 0.15) is 5.75 Å². The van der Waals surface area contributed by atoms with E-state index in [0.717, 1.165) is 22.9 Å². The second-order valence-electron chi connectivity index (χ2n) is 5.67. The highest BCUT2D eigenvalue weighted by atomic mass is 79.9. The highest BCUT2D eigenvalue weighted by Crippen LogP contribution is 2.36. The molecule has 0 amide bonds. The molecule has 0 fully saturated rings. The molecule has 0 heterocycles. The maximum atomic E-state index is 9.84. The molecule has 1 rings (SSSR count). The number of alkyl halides is 2. The number of benzene rings is 1. The molecule has 0 aliphatic carbocycles. The van der Waals surface area contributed by atoms with Gasteiger partial charge in [-0.15, -0.1) is 0 Å². The van der Waals surface area contributed by atoms with Crippen LogP contribution in [0.5, 0.6) is 5.75 Å². The minimum Gasteiger partial charge on any atom is -0.508 e.